The Hall–Kier alpha value is -1.22. The number of ketones is 1. The largest absolute Gasteiger partial charge is 0.300 e. The third-order valence-electron chi connectivity index (χ3n) is 4.93. The monoisotopic (exact) mass is 261 g/mol. The van der Waals surface area contributed by atoms with Crippen molar-refractivity contribution in [1.29, 1.82) is 0 Å². The highest BCUT2D eigenvalue weighted by atomic mass is 19.1. The zero-order valence-electron chi connectivity index (χ0n) is 11.5. The van der Waals surface area contributed by atoms with E-state index < -0.39 is 0 Å². The molecule has 19 heavy (non-hydrogen) atoms. The van der Waals surface area contributed by atoms with E-state index in [0.717, 1.165) is 12.8 Å². The van der Waals surface area contributed by atoms with Gasteiger partial charge in [-0.05, 0) is 51.3 Å². The van der Waals surface area contributed by atoms with Crippen LogP contribution in [0.4, 0.5) is 4.39 Å². The predicted octanol–water partition coefficient (Wildman–Crippen LogP) is 3.19. The number of Topliss-reactive ketones (excluding diaryl/α,β-unsaturated/α-hetero) is 1. The first-order valence-electron chi connectivity index (χ1n) is 7.08. The molecule has 0 aliphatic carbocycles. The molecular weight excluding hydrogens is 241 g/mol. The summed E-state index contributed by atoms with van der Waals surface area (Å²) in [5.41, 5.74) is 1.14. The summed E-state index contributed by atoms with van der Waals surface area (Å²) in [5.74, 6) is -0.0681. The second-order valence-corrected chi connectivity index (χ2v) is 6.05. The molecule has 2 aliphatic rings. The third kappa shape index (κ3) is 2.20. The first-order valence-corrected chi connectivity index (χ1v) is 7.08. The molecule has 2 atom stereocenters. The maximum atomic E-state index is 13.6. The molecule has 2 nitrogen and oxygen atoms in total. The number of carbonyl (C=O) groups is 1. The number of benzene rings is 1. The van der Waals surface area contributed by atoms with Crippen molar-refractivity contribution in [2.24, 2.45) is 5.92 Å². The third-order valence-corrected chi connectivity index (χ3v) is 4.93. The highest BCUT2D eigenvalue weighted by molar-refractivity contribution is 5.98. The van der Waals surface area contributed by atoms with E-state index in [1.165, 1.54) is 18.9 Å². The fourth-order valence-corrected chi connectivity index (χ4v) is 3.61. The number of halogens is 1. The number of carbonyl (C=O) groups excluding carboxylic acids is 1. The van der Waals surface area contributed by atoms with Gasteiger partial charge in [0.15, 0.2) is 5.78 Å². The lowest BCUT2D eigenvalue weighted by Gasteiger charge is -2.35. The Bertz CT molecular complexity index is 499. The summed E-state index contributed by atoms with van der Waals surface area (Å²) >= 11 is 0. The first-order chi connectivity index (χ1) is 9.06. The van der Waals surface area contributed by atoms with Crippen molar-refractivity contribution in [2.75, 3.05) is 7.05 Å². The van der Waals surface area contributed by atoms with Gasteiger partial charge in [-0.1, -0.05) is 12.1 Å². The number of hydrogen-bond donors (Lipinski definition) is 0. The van der Waals surface area contributed by atoms with Crippen molar-refractivity contribution in [3.8, 4) is 0 Å². The van der Waals surface area contributed by atoms with Crippen molar-refractivity contribution in [1.82, 2.24) is 4.90 Å². The quantitative estimate of drug-likeness (QED) is 0.762. The minimum absolute atomic E-state index is 0.0795. The minimum Gasteiger partial charge on any atom is -0.300 e. The highest BCUT2D eigenvalue weighted by Gasteiger charge is 2.40. The van der Waals surface area contributed by atoms with E-state index in [1.54, 1.807) is 19.1 Å². The van der Waals surface area contributed by atoms with Crippen LogP contribution in [0, 0.1) is 18.7 Å². The Labute approximate surface area is 113 Å². The second-order valence-electron chi connectivity index (χ2n) is 6.05. The lowest BCUT2D eigenvalue weighted by molar-refractivity contribution is 0.0766. The molecule has 1 aromatic carbocycles. The van der Waals surface area contributed by atoms with Crippen LogP contribution in [-0.2, 0) is 0 Å². The van der Waals surface area contributed by atoms with Gasteiger partial charge in [0.05, 0.1) is 0 Å². The summed E-state index contributed by atoms with van der Waals surface area (Å²) in [6, 6.07) is 5.95. The smallest absolute Gasteiger partial charge is 0.166 e. The van der Waals surface area contributed by atoms with Crippen LogP contribution in [-0.4, -0.2) is 29.8 Å². The molecule has 0 amide bonds. The van der Waals surface area contributed by atoms with E-state index >= 15 is 0 Å². The Morgan fingerprint density at radius 2 is 1.89 bits per heavy atom. The molecule has 1 aromatic rings. The maximum Gasteiger partial charge on any atom is 0.166 e. The van der Waals surface area contributed by atoms with Crippen molar-refractivity contribution in [2.45, 2.75) is 44.7 Å². The molecule has 0 N–H and O–H groups in total. The van der Waals surface area contributed by atoms with Crippen molar-refractivity contribution in [3.63, 3.8) is 0 Å². The Morgan fingerprint density at radius 1 is 1.26 bits per heavy atom. The molecule has 0 spiro atoms. The van der Waals surface area contributed by atoms with Gasteiger partial charge >= 0.3 is 0 Å². The minimum atomic E-state index is -0.276. The number of rotatable bonds is 2. The van der Waals surface area contributed by atoms with Crippen molar-refractivity contribution in [3.05, 3.63) is 35.1 Å². The van der Waals surface area contributed by atoms with Gasteiger partial charge < -0.3 is 4.90 Å². The van der Waals surface area contributed by atoms with Gasteiger partial charge in [-0.3, -0.25) is 4.79 Å². The van der Waals surface area contributed by atoms with Gasteiger partial charge in [0.1, 0.15) is 5.82 Å². The van der Waals surface area contributed by atoms with E-state index in [4.69, 9.17) is 0 Å². The Kier molecular flexibility index (Phi) is 3.17. The molecular formula is C16H20FNO. The fourth-order valence-electron chi connectivity index (χ4n) is 3.61. The molecule has 2 unspecified atom stereocenters. The average Bonchev–Trinajstić information content (AvgIpc) is 2.64. The number of aryl methyl sites for hydroxylation is 1. The molecule has 2 aliphatic heterocycles. The van der Waals surface area contributed by atoms with Crippen LogP contribution in [0.3, 0.4) is 0 Å². The summed E-state index contributed by atoms with van der Waals surface area (Å²) in [4.78, 5) is 14.9. The van der Waals surface area contributed by atoms with Gasteiger partial charge in [0.25, 0.3) is 0 Å². The summed E-state index contributed by atoms with van der Waals surface area (Å²) < 4.78 is 13.6. The van der Waals surface area contributed by atoms with Crippen LogP contribution in [0.5, 0.6) is 0 Å². The standard InChI is InChI=1S/C16H20FNO/c1-10-3-4-11(9-15(10)17)16(19)12-7-13-5-6-14(8-12)18(13)2/h3-4,9,12-14H,5-8H2,1-2H3. The molecule has 2 heterocycles. The van der Waals surface area contributed by atoms with E-state index in [-0.39, 0.29) is 17.5 Å². The van der Waals surface area contributed by atoms with E-state index in [9.17, 15) is 9.18 Å². The average molecular weight is 261 g/mol. The zero-order valence-corrected chi connectivity index (χ0v) is 11.5. The van der Waals surface area contributed by atoms with Gasteiger partial charge in [-0.2, -0.15) is 0 Å². The molecule has 2 fully saturated rings. The Balaban J connectivity index is 1.79. The van der Waals surface area contributed by atoms with Crippen molar-refractivity contribution >= 4 is 5.78 Å². The predicted molar refractivity (Wildman–Crippen MR) is 72.8 cm³/mol. The summed E-state index contributed by atoms with van der Waals surface area (Å²) in [6.07, 6.45) is 4.27. The molecule has 3 heteroatoms. The topological polar surface area (TPSA) is 20.3 Å². The number of nitrogens with zero attached hydrogens (tertiary/aromatic N) is 1. The second kappa shape index (κ2) is 4.71. The van der Waals surface area contributed by atoms with Gasteiger partial charge in [-0.15, -0.1) is 0 Å². The van der Waals surface area contributed by atoms with Crippen LogP contribution in [0.1, 0.15) is 41.6 Å². The maximum absolute atomic E-state index is 13.6. The lowest BCUT2D eigenvalue weighted by atomic mass is 9.85. The molecule has 2 bridgehead atoms. The van der Waals surface area contributed by atoms with Gasteiger partial charge in [-0.25, -0.2) is 4.39 Å². The first kappa shape index (κ1) is 12.8. The number of fused-ring (bicyclic) bond motifs is 2. The normalized spacial score (nSPS) is 30.6. The highest BCUT2D eigenvalue weighted by Crippen LogP contribution is 2.38. The molecule has 0 radical (unpaired) electrons. The zero-order chi connectivity index (χ0) is 13.6. The van der Waals surface area contributed by atoms with E-state index in [1.807, 2.05) is 0 Å². The van der Waals surface area contributed by atoms with E-state index in [2.05, 4.69) is 11.9 Å². The molecule has 0 saturated carbocycles. The van der Waals surface area contributed by atoms with Crippen LogP contribution in [0.15, 0.2) is 18.2 Å². The fraction of sp³-hybridized carbons (Fsp3) is 0.562. The Morgan fingerprint density at radius 3 is 2.47 bits per heavy atom. The summed E-state index contributed by atoms with van der Waals surface area (Å²) in [5, 5.41) is 0. The number of hydrogen-bond acceptors (Lipinski definition) is 2. The molecule has 2 saturated heterocycles. The van der Waals surface area contributed by atoms with E-state index in [0.29, 0.717) is 23.2 Å². The van der Waals surface area contributed by atoms with Crippen LogP contribution in [0.2, 0.25) is 0 Å². The van der Waals surface area contributed by atoms with Crippen molar-refractivity contribution < 1.29 is 9.18 Å². The van der Waals surface area contributed by atoms with Crippen LogP contribution < -0.4 is 0 Å². The van der Waals surface area contributed by atoms with Gasteiger partial charge in [0, 0.05) is 23.6 Å². The van der Waals surface area contributed by atoms with Crippen LogP contribution >= 0.6 is 0 Å². The molecule has 0 aromatic heterocycles. The van der Waals surface area contributed by atoms with Crippen LogP contribution in [0.25, 0.3) is 0 Å². The summed E-state index contributed by atoms with van der Waals surface area (Å²) in [7, 11) is 2.16. The lowest BCUT2D eigenvalue weighted by Crippen LogP contribution is -2.42. The molecule has 3 rings (SSSR count). The van der Waals surface area contributed by atoms with Gasteiger partial charge in [0.2, 0.25) is 0 Å². The SMILES string of the molecule is Cc1ccc(C(=O)C2CC3CCC(C2)N3C)cc1F. The molecule has 102 valence electrons. The number of piperidine rings is 1. The summed E-state index contributed by atoms with van der Waals surface area (Å²) in [6.45, 7) is 1.72.